The molecule has 0 aliphatic rings. The Balaban J connectivity index is 1.66. The average Bonchev–Trinajstić information content (AvgIpc) is 2.75. The van der Waals surface area contributed by atoms with Gasteiger partial charge in [-0.2, -0.15) is 0 Å². The molecule has 3 aromatic rings. The molecule has 1 aromatic heterocycles. The van der Waals surface area contributed by atoms with Gasteiger partial charge in [0.25, 0.3) is 5.56 Å². The molecule has 0 fully saturated rings. The molecule has 154 valence electrons. The summed E-state index contributed by atoms with van der Waals surface area (Å²) in [5, 5.41) is 10.4. The highest BCUT2D eigenvalue weighted by Crippen LogP contribution is 2.21. The summed E-state index contributed by atoms with van der Waals surface area (Å²) in [5.74, 6) is -0.766. The topological polar surface area (TPSA) is 114 Å². The Bertz CT molecular complexity index is 1100. The van der Waals surface area contributed by atoms with E-state index in [0.29, 0.717) is 16.8 Å². The molecule has 0 spiro atoms. The van der Waals surface area contributed by atoms with Crippen LogP contribution in [0.5, 0.6) is 0 Å². The number of benzene rings is 2. The Labute approximate surface area is 177 Å². The van der Waals surface area contributed by atoms with Gasteiger partial charge in [-0.3, -0.25) is 14.6 Å². The van der Waals surface area contributed by atoms with Crippen LogP contribution < -0.4 is 10.9 Å². The van der Waals surface area contributed by atoms with Gasteiger partial charge < -0.3 is 10.1 Å². The van der Waals surface area contributed by atoms with E-state index in [1.54, 1.807) is 50.2 Å². The summed E-state index contributed by atoms with van der Waals surface area (Å²) >= 11 is 1.07. The average molecular weight is 424 g/mol. The number of amides is 1. The molecule has 1 unspecified atom stereocenters. The maximum absolute atomic E-state index is 12.5. The van der Waals surface area contributed by atoms with Gasteiger partial charge in [0.1, 0.15) is 0 Å². The second kappa shape index (κ2) is 9.84. The van der Waals surface area contributed by atoms with Crippen molar-refractivity contribution >= 4 is 29.3 Å². The van der Waals surface area contributed by atoms with E-state index in [1.165, 1.54) is 0 Å². The molecule has 30 heavy (non-hydrogen) atoms. The summed E-state index contributed by atoms with van der Waals surface area (Å²) in [7, 11) is 0. The van der Waals surface area contributed by atoms with Crippen molar-refractivity contribution in [3.8, 4) is 11.3 Å². The highest BCUT2D eigenvalue weighted by molar-refractivity contribution is 8.00. The molecule has 9 heteroatoms. The highest BCUT2D eigenvalue weighted by Gasteiger charge is 2.18. The minimum Gasteiger partial charge on any atom is -0.462 e. The largest absolute Gasteiger partial charge is 0.462 e. The summed E-state index contributed by atoms with van der Waals surface area (Å²) in [4.78, 5) is 39.3. The SMILES string of the molecule is CCOC(=O)c1cccc(NC(=O)C(C)Sc2nnc(-c3ccccc3)c(=O)[nH]2)c1. The van der Waals surface area contributed by atoms with Crippen LogP contribution in [0.15, 0.2) is 64.5 Å². The lowest BCUT2D eigenvalue weighted by Crippen LogP contribution is -2.24. The molecule has 2 aromatic carbocycles. The first-order valence-corrected chi connectivity index (χ1v) is 10.1. The van der Waals surface area contributed by atoms with E-state index in [9.17, 15) is 14.4 Å². The van der Waals surface area contributed by atoms with Gasteiger partial charge >= 0.3 is 5.97 Å². The second-order valence-electron chi connectivity index (χ2n) is 6.22. The number of anilines is 1. The molecule has 8 nitrogen and oxygen atoms in total. The van der Waals surface area contributed by atoms with Crippen LogP contribution in [-0.4, -0.2) is 38.9 Å². The fourth-order valence-electron chi connectivity index (χ4n) is 2.56. The summed E-state index contributed by atoms with van der Waals surface area (Å²) in [6, 6.07) is 15.5. The summed E-state index contributed by atoms with van der Waals surface area (Å²) < 4.78 is 4.96. The number of thioether (sulfide) groups is 1. The van der Waals surface area contributed by atoms with Crippen molar-refractivity contribution in [1.29, 1.82) is 0 Å². The van der Waals surface area contributed by atoms with Crippen molar-refractivity contribution in [2.75, 3.05) is 11.9 Å². The summed E-state index contributed by atoms with van der Waals surface area (Å²) in [6.07, 6.45) is 0. The number of esters is 1. The van der Waals surface area contributed by atoms with Crippen LogP contribution in [0.25, 0.3) is 11.3 Å². The van der Waals surface area contributed by atoms with Crippen LogP contribution in [0, 0.1) is 0 Å². The monoisotopic (exact) mass is 424 g/mol. The third-order valence-corrected chi connectivity index (χ3v) is 5.00. The van der Waals surface area contributed by atoms with Gasteiger partial charge in [-0.1, -0.05) is 48.2 Å². The predicted molar refractivity (Wildman–Crippen MR) is 114 cm³/mol. The van der Waals surface area contributed by atoms with Gasteiger partial charge in [0.05, 0.1) is 17.4 Å². The predicted octanol–water partition coefficient (Wildman–Crippen LogP) is 3.13. The van der Waals surface area contributed by atoms with E-state index in [-0.39, 0.29) is 28.9 Å². The number of ether oxygens (including phenoxy) is 1. The van der Waals surface area contributed by atoms with Crippen molar-refractivity contribution in [3.05, 3.63) is 70.5 Å². The minimum atomic E-state index is -0.566. The number of nitrogens with zero attached hydrogens (tertiary/aromatic N) is 2. The quantitative estimate of drug-likeness (QED) is 0.442. The molecule has 0 saturated carbocycles. The first kappa shape index (κ1) is 21.3. The van der Waals surface area contributed by atoms with Crippen LogP contribution in [0.4, 0.5) is 5.69 Å². The zero-order valence-corrected chi connectivity index (χ0v) is 17.2. The molecular formula is C21H20N4O4S. The Morgan fingerprint density at radius 3 is 2.60 bits per heavy atom. The van der Waals surface area contributed by atoms with Gasteiger partial charge in [-0.05, 0) is 32.0 Å². The van der Waals surface area contributed by atoms with Gasteiger partial charge in [0.15, 0.2) is 10.9 Å². The molecule has 1 heterocycles. The lowest BCUT2D eigenvalue weighted by molar-refractivity contribution is -0.115. The van der Waals surface area contributed by atoms with Crippen molar-refractivity contribution in [2.45, 2.75) is 24.3 Å². The molecule has 2 N–H and O–H groups in total. The maximum atomic E-state index is 12.5. The smallest absolute Gasteiger partial charge is 0.338 e. The molecule has 3 rings (SSSR count). The van der Waals surface area contributed by atoms with E-state index in [2.05, 4.69) is 20.5 Å². The fraction of sp³-hybridized carbons (Fsp3) is 0.190. The molecule has 0 bridgehead atoms. The number of carbonyl (C=O) groups excluding carboxylic acids is 2. The molecule has 0 aliphatic carbocycles. The summed E-state index contributed by atoms with van der Waals surface area (Å²) in [6.45, 7) is 3.67. The molecular weight excluding hydrogens is 404 g/mol. The number of aromatic amines is 1. The minimum absolute atomic E-state index is 0.216. The maximum Gasteiger partial charge on any atom is 0.338 e. The molecule has 1 atom stereocenters. The number of hydrogen-bond acceptors (Lipinski definition) is 7. The summed E-state index contributed by atoms with van der Waals surface area (Å²) in [5.41, 5.74) is 1.31. The first-order valence-electron chi connectivity index (χ1n) is 9.25. The lowest BCUT2D eigenvalue weighted by Gasteiger charge is -2.12. The normalized spacial score (nSPS) is 11.5. The standard InChI is InChI=1S/C21H20N4O4S/c1-3-29-20(28)15-10-7-11-16(12-15)22-18(26)13(2)30-21-23-19(27)17(24-25-21)14-8-5-4-6-9-14/h4-13H,3H2,1-2H3,(H,22,26)(H,23,25,27). The van der Waals surface area contributed by atoms with Crippen LogP contribution in [-0.2, 0) is 9.53 Å². The number of H-pyrrole nitrogens is 1. The molecule has 0 saturated heterocycles. The number of nitrogens with one attached hydrogen (secondary N) is 2. The van der Waals surface area contributed by atoms with Crippen LogP contribution >= 0.6 is 11.8 Å². The van der Waals surface area contributed by atoms with E-state index in [1.807, 2.05) is 18.2 Å². The Morgan fingerprint density at radius 2 is 1.90 bits per heavy atom. The number of carbonyl (C=O) groups is 2. The van der Waals surface area contributed by atoms with E-state index < -0.39 is 11.2 Å². The number of aromatic nitrogens is 3. The zero-order valence-electron chi connectivity index (χ0n) is 16.4. The van der Waals surface area contributed by atoms with Gasteiger partial charge in [-0.15, -0.1) is 10.2 Å². The van der Waals surface area contributed by atoms with Crippen molar-refractivity contribution < 1.29 is 14.3 Å². The number of rotatable bonds is 7. The third-order valence-electron chi connectivity index (χ3n) is 4.02. The fourth-order valence-corrected chi connectivity index (χ4v) is 3.30. The van der Waals surface area contributed by atoms with E-state index in [4.69, 9.17) is 4.74 Å². The Hall–Kier alpha value is -3.46. The number of hydrogen-bond donors (Lipinski definition) is 2. The zero-order chi connectivity index (χ0) is 21.5. The van der Waals surface area contributed by atoms with Crippen LogP contribution in [0.2, 0.25) is 0 Å². The molecule has 1 amide bonds. The van der Waals surface area contributed by atoms with E-state index >= 15 is 0 Å². The van der Waals surface area contributed by atoms with Crippen LogP contribution in [0.3, 0.4) is 0 Å². The van der Waals surface area contributed by atoms with Crippen molar-refractivity contribution in [1.82, 2.24) is 15.2 Å². The highest BCUT2D eigenvalue weighted by atomic mass is 32.2. The van der Waals surface area contributed by atoms with Gasteiger partial charge in [0, 0.05) is 11.3 Å². The molecule has 0 radical (unpaired) electrons. The van der Waals surface area contributed by atoms with E-state index in [0.717, 1.165) is 11.8 Å². The van der Waals surface area contributed by atoms with Gasteiger partial charge in [0.2, 0.25) is 5.91 Å². The Kier molecular flexibility index (Phi) is 6.97. The van der Waals surface area contributed by atoms with Gasteiger partial charge in [-0.25, -0.2) is 4.79 Å². The first-order chi connectivity index (χ1) is 14.5. The van der Waals surface area contributed by atoms with Crippen molar-refractivity contribution in [3.63, 3.8) is 0 Å². The molecule has 0 aliphatic heterocycles. The lowest BCUT2D eigenvalue weighted by atomic mass is 10.2. The second-order valence-corrected chi connectivity index (χ2v) is 7.55. The van der Waals surface area contributed by atoms with Crippen LogP contribution in [0.1, 0.15) is 24.2 Å². The third kappa shape index (κ3) is 5.32. The van der Waals surface area contributed by atoms with Crippen molar-refractivity contribution in [2.24, 2.45) is 0 Å². The Morgan fingerprint density at radius 1 is 1.13 bits per heavy atom.